The standard InChI is InChI=1S/C15H19NO4/c1-10(17)16(2)15(14(18)19)8-4-5-11-9-12(20-3)6-7-13(11)15/h6-7,9H,4-5,8H2,1-3H3,(H,18,19). The zero-order valence-corrected chi connectivity index (χ0v) is 12.0. The van der Waals surface area contributed by atoms with Crippen LogP contribution < -0.4 is 4.74 Å². The normalized spacial score (nSPS) is 20.9. The number of hydrogen-bond donors (Lipinski definition) is 1. The van der Waals surface area contributed by atoms with Gasteiger partial charge in [0, 0.05) is 14.0 Å². The number of hydrogen-bond acceptors (Lipinski definition) is 3. The van der Waals surface area contributed by atoms with Gasteiger partial charge in [0.15, 0.2) is 5.54 Å². The fourth-order valence-electron chi connectivity index (χ4n) is 2.96. The van der Waals surface area contributed by atoms with Crippen LogP contribution in [0.2, 0.25) is 0 Å². The van der Waals surface area contributed by atoms with Crippen molar-refractivity contribution in [3.8, 4) is 5.75 Å². The lowest BCUT2D eigenvalue weighted by atomic mass is 9.75. The van der Waals surface area contributed by atoms with E-state index in [1.54, 1.807) is 26.3 Å². The first-order valence-corrected chi connectivity index (χ1v) is 6.58. The molecule has 1 aromatic carbocycles. The summed E-state index contributed by atoms with van der Waals surface area (Å²) in [5, 5.41) is 9.76. The van der Waals surface area contributed by atoms with Gasteiger partial charge in [0.05, 0.1) is 7.11 Å². The first-order valence-electron chi connectivity index (χ1n) is 6.58. The van der Waals surface area contributed by atoms with E-state index in [1.807, 2.05) is 6.07 Å². The molecule has 1 amide bonds. The van der Waals surface area contributed by atoms with Crippen LogP contribution in [0.15, 0.2) is 18.2 Å². The van der Waals surface area contributed by atoms with Crippen LogP contribution in [0.1, 0.15) is 30.9 Å². The maximum atomic E-state index is 11.9. The third kappa shape index (κ3) is 2.03. The van der Waals surface area contributed by atoms with E-state index in [0.29, 0.717) is 17.7 Å². The lowest BCUT2D eigenvalue weighted by Crippen LogP contribution is -2.53. The number of amides is 1. The zero-order valence-electron chi connectivity index (χ0n) is 12.0. The zero-order chi connectivity index (χ0) is 14.9. The first kappa shape index (κ1) is 14.4. The van der Waals surface area contributed by atoms with Gasteiger partial charge in [-0.3, -0.25) is 4.79 Å². The second kappa shape index (κ2) is 5.15. The minimum atomic E-state index is -1.27. The van der Waals surface area contributed by atoms with Gasteiger partial charge < -0.3 is 14.7 Å². The Morgan fingerprint density at radius 3 is 2.65 bits per heavy atom. The van der Waals surface area contributed by atoms with Crippen LogP contribution in [0.4, 0.5) is 0 Å². The third-order valence-corrected chi connectivity index (χ3v) is 4.14. The van der Waals surface area contributed by atoms with Crippen molar-refractivity contribution in [2.24, 2.45) is 0 Å². The van der Waals surface area contributed by atoms with Crippen molar-refractivity contribution in [1.82, 2.24) is 4.90 Å². The predicted molar refractivity (Wildman–Crippen MR) is 73.7 cm³/mol. The second-order valence-electron chi connectivity index (χ2n) is 5.12. The van der Waals surface area contributed by atoms with E-state index in [1.165, 1.54) is 11.8 Å². The molecule has 0 spiro atoms. The summed E-state index contributed by atoms with van der Waals surface area (Å²) in [4.78, 5) is 25.0. The molecule has 1 N–H and O–H groups in total. The number of fused-ring (bicyclic) bond motifs is 1. The molecular weight excluding hydrogens is 258 g/mol. The number of ether oxygens (including phenoxy) is 1. The van der Waals surface area contributed by atoms with Crippen molar-refractivity contribution in [3.63, 3.8) is 0 Å². The molecular formula is C15H19NO4. The number of methoxy groups -OCH3 is 1. The van der Waals surface area contributed by atoms with Crippen LogP contribution in [0, 0.1) is 0 Å². The maximum Gasteiger partial charge on any atom is 0.334 e. The van der Waals surface area contributed by atoms with Crippen LogP contribution in [-0.2, 0) is 21.5 Å². The molecule has 1 aliphatic carbocycles. The largest absolute Gasteiger partial charge is 0.497 e. The van der Waals surface area contributed by atoms with Crippen LogP contribution in [0.5, 0.6) is 5.75 Å². The third-order valence-electron chi connectivity index (χ3n) is 4.14. The van der Waals surface area contributed by atoms with Crippen LogP contribution >= 0.6 is 0 Å². The number of carbonyl (C=O) groups excluding carboxylic acids is 1. The lowest BCUT2D eigenvalue weighted by molar-refractivity contribution is -0.159. The lowest BCUT2D eigenvalue weighted by Gasteiger charge is -2.42. The highest BCUT2D eigenvalue weighted by Crippen LogP contribution is 2.41. The Morgan fingerprint density at radius 1 is 1.40 bits per heavy atom. The Bertz CT molecular complexity index is 555. The summed E-state index contributed by atoms with van der Waals surface area (Å²) in [5.41, 5.74) is 0.354. The molecule has 0 aromatic heterocycles. The van der Waals surface area contributed by atoms with Crippen molar-refractivity contribution in [1.29, 1.82) is 0 Å². The average molecular weight is 277 g/mol. The molecule has 0 bridgehead atoms. The number of carbonyl (C=O) groups is 2. The molecule has 1 atom stereocenters. The Kier molecular flexibility index (Phi) is 3.70. The van der Waals surface area contributed by atoms with Crippen molar-refractivity contribution < 1.29 is 19.4 Å². The highest BCUT2D eigenvalue weighted by molar-refractivity contribution is 5.88. The topological polar surface area (TPSA) is 66.8 Å². The van der Waals surface area contributed by atoms with Gasteiger partial charge in [0.2, 0.25) is 5.91 Å². The van der Waals surface area contributed by atoms with Crippen LogP contribution in [-0.4, -0.2) is 36.0 Å². The van der Waals surface area contributed by atoms with Crippen molar-refractivity contribution >= 4 is 11.9 Å². The number of carboxylic acid groups (broad SMARTS) is 1. The molecule has 0 radical (unpaired) electrons. The molecule has 1 aromatic rings. The fraction of sp³-hybridized carbons (Fsp3) is 0.467. The van der Waals surface area contributed by atoms with Gasteiger partial charge in [0.1, 0.15) is 5.75 Å². The van der Waals surface area contributed by atoms with E-state index in [2.05, 4.69) is 0 Å². The molecule has 5 heteroatoms. The maximum absolute atomic E-state index is 11.9. The number of benzene rings is 1. The van der Waals surface area contributed by atoms with Gasteiger partial charge in [-0.05, 0) is 42.5 Å². The van der Waals surface area contributed by atoms with Crippen molar-refractivity contribution in [2.45, 2.75) is 31.7 Å². The molecule has 1 unspecified atom stereocenters. The summed E-state index contributed by atoms with van der Waals surface area (Å²) in [7, 11) is 3.13. The van der Waals surface area contributed by atoms with Gasteiger partial charge >= 0.3 is 5.97 Å². The van der Waals surface area contributed by atoms with Gasteiger partial charge in [-0.1, -0.05) is 6.07 Å². The summed E-state index contributed by atoms with van der Waals surface area (Å²) in [5.74, 6) is -0.534. The SMILES string of the molecule is COc1ccc2c(c1)CCCC2(C(=O)O)N(C)C(C)=O. The Hall–Kier alpha value is -2.04. The molecule has 0 aliphatic heterocycles. The van der Waals surface area contributed by atoms with E-state index >= 15 is 0 Å². The monoisotopic (exact) mass is 277 g/mol. The van der Waals surface area contributed by atoms with E-state index in [9.17, 15) is 14.7 Å². The Morgan fingerprint density at radius 2 is 2.10 bits per heavy atom. The van der Waals surface area contributed by atoms with E-state index in [4.69, 9.17) is 4.74 Å². The van der Waals surface area contributed by atoms with Gasteiger partial charge in [-0.15, -0.1) is 0 Å². The Labute approximate surface area is 118 Å². The number of nitrogens with zero attached hydrogens (tertiary/aromatic N) is 1. The second-order valence-corrected chi connectivity index (χ2v) is 5.12. The summed E-state index contributed by atoms with van der Waals surface area (Å²) < 4.78 is 5.19. The smallest absolute Gasteiger partial charge is 0.334 e. The minimum Gasteiger partial charge on any atom is -0.497 e. The molecule has 0 heterocycles. The summed E-state index contributed by atoms with van der Waals surface area (Å²) in [6, 6.07) is 5.37. The number of rotatable bonds is 3. The summed E-state index contributed by atoms with van der Waals surface area (Å²) in [6.07, 6.45) is 1.95. The van der Waals surface area contributed by atoms with Crippen molar-refractivity contribution in [2.75, 3.05) is 14.2 Å². The Balaban J connectivity index is 2.62. The van der Waals surface area contributed by atoms with E-state index in [-0.39, 0.29) is 5.91 Å². The van der Waals surface area contributed by atoms with Gasteiger partial charge in [0.25, 0.3) is 0 Å². The number of carboxylic acids is 1. The van der Waals surface area contributed by atoms with Crippen LogP contribution in [0.25, 0.3) is 0 Å². The molecule has 1 aliphatic rings. The number of aliphatic carboxylic acids is 1. The molecule has 108 valence electrons. The van der Waals surface area contributed by atoms with E-state index in [0.717, 1.165) is 18.4 Å². The molecule has 0 fully saturated rings. The molecule has 20 heavy (non-hydrogen) atoms. The number of likely N-dealkylation sites (N-methyl/N-ethyl adjacent to an activating group) is 1. The summed E-state index contributed by atoms with van der Waals surface area (Å²) >= 11 is 0. The van der Waals surface area contributed by atoms with Gasteiger partial charge in [-0.25, -0.2) is 4.79 Å². The van der Waals surface area contributed by atoms with E-state index < -0.39 is 11.5 Å². The highest BCUT2D eigenvalue weighted by atomic mass is 16.5. The van der Waals surface area contributed by atoms with Crippen molar-refractivity contribution in [3.05, 3.63) is 29.3 Å². The molecule has 2 rings (SSSR count). The van der Waals surface area contributed by atoms with Gasteiger partial charge in [-0.2, -0.15) is 0 Å². The molecule has 0 saturated carbocycles. The number of aryl methyl sites for hydroxylation is 1. The molecule has 5 nitrogen and oxygen atoms in total. The summed E-state index contributed by atoms with van der Waals surface area (Å²) in [6.45, 7) is 1.39. The quantitative estimate of drug-likeness (QED) is 0.914. The van der Waals surface area contributed by atoms with Crippen LogP contribution in [0.3, 0.4) is 0 Å². The average Bonchev–Trinajstić information content (AvgIpc) is 2.44. The first-order chi connectivity index (χ1) is 9.43. The molecule has 0 saturated heterocycles. The predicted octanol–water partition coefficient (Wildman–Crippen LogP) is 1.79. The fourth-order valence-corrected chi connectivity index (χ4v) is 2.96. The highest BCUT2D eigenvalue weighted by Gasteiger charge is 2.48. The minimum absolute atomic E-state index is 0.254.